The number of hydrogen-bond donors (Lipinski definition) is 1. The van der Waals surface area contributed by atoms with Crippen LogP contribution in [0.1, 0.15) is 43.7 Å². The van der Waals surface area contributed by atoms with Gasteiger partial charge in [-0.3, -0.25) is 4.68 Å². The lowest BCUT2D eigenvalue weighted by molar-refractivity contribution is 0.122. The number of rotatable bonds is 8. The zero-order valence-corrected chi connectivity index (χ0v) is 22.8. The van der Waals surface area contributed by atoms with Crippen molar-refractivity contribution in [3.8, 4) is 23.1 Å². The monoisotopic (exact) mass is 519 g/mol. The summed E-state index contributed by atoms with van der Waals surface area (Å²) < 4.78 is 15.0. The van der Waals surface area contributed by atoms with E-state index in [1.807, 2.05) is 70.5 Å². The molecule has 3 aromatic heterocycles. The minimum absolute atomic E-state index is 0.266. The lowest BCUT2D eigenvalue weighted by Crippen LogP contribution is -2.37. The number of benzene rings is 1. The third kappa shape index (κ3) is 6.56. The molecule has 10 nitrogen and oxygen atoms in total. The van der Waals surface area contributed by atoms with Crippen molar-refractivity contribution in [2.75, 3.05) is 37.8 Å². The quantitative estimate of drug-likeness (QED) is 0.374. The van der Waals surface area contributed by atoms with Crippen LogP contribution in [0.3, 0.4) is 0 Å². The first kappa shape index (κ1) is 27.3. The van der Waals surface area contributed by atoms with Crippen LogP contribution < -0.4 is 9.64 Å². The Hall–Kier alpha value is -3.76. The average Bonchev–Trinajstić information content (AvgIpc) is 3.57. The van der Waals surface area contributed by atoms with Gasteiger partial charge >= 0.3 is 6.01 Å². The first-order chi connectivity index (χ1) is 18.5. The first-order valence-electron chi connectivity index (χ1n) is 13.1. The molecule has 0 bridgehead atoms. The summed E-state index contributed by atoms with van der Waals surface area (Å²) in [5.41, 5.74) is 4.60. The van der Waals surface area contributed by atoms with Crippen molar-refractivity contribution in [2.24, 2.45) is 7.05 Å². The van der Waals surface area contributed by atoms with Gasteiger partial charge in [-0.25, -0.2) is 4.68 Å². The van der Waals surface area contributed by atoms with E-state index in [9.17, 15) is 5.11 Å². The zero-order valence-electron chi connectivity index (χ0n) is 22.8. The maximum absolute atomic E-state index is 10.6. The van der Waals surface area contributed by atoms with Crippen molar-refractivity contribution < 1.29 is 14.6 Å². The van der Waals surface area contributed by atoms with Crippen LogP contribution in [-0.4, -0.2) is 67.5 Å². The highest BCUT2D eigenvalue weighted by Crippen LogP contribution is 2.27. The molecule has 0 aliphatic carbocycles. The second-order valence-electron chi connectivity index (χ2n) is 9.00. The van der Waals surface area contributed by atoms with E-state index >= 15 is 0 Å². The van der Waals surface area contributed by atoms with Crippen molar-refractivity contribution in [2.45, 2.75) is 40.2 Å². The molecule has 1 saturated heterocycles. The molecule has 1 N–H and O–H groups in total. The number of hydrogen-bond acceptors (Lipinski definition) is 8. The van der Waals surface area contributed by atoms with E-state index in [2.05, 4.69) is 26.0 Å². The van der Waals surface area contributed by atoms with Crippen LogP contribution in [-0.2, 0) is 18.2 Å². The molecule has 38 heavy (non-hydrogen) atoms. The van der Waals surface area contributed by atoms with Gasteiger partial charge in [0.15, 0.2) is 5.82 Å². The molecule has 0 saturated carbocycles. The number of anilines is 1. The van der Waals surface area contributed by atoms with Crippen LogP contribution in [0, 0.1) is 6.92 Å². The van der Waals surface area contributed by atoms with Crippen molar-refractivity contribution in [1.82, 2.24) is 29.5 Å². The Bertz CT molecular complexity index is 1330. The smallest absolute Gasteiger partial charge is 0.320 e. The summed E-state index contributed by atoms with van der Waals surface area (Å²) in [6, 6.07) is 12.2. The van der Waals surface area contributed by atoms with Gasteiger partial charge in [0, 0.05) is 44.4 Å². The van der Waals surface area contributed by atoms with E-state index in [1.165, 1.54) is 0 Å². The average molecular weight is 520 g/mol. The van der Waals surface area contributed by atoms with Crippen LogP contribution in [0.25, 0.3) is 17.1 Å². The lowest BCUT2D eigenvalue weighted by atomic mass is 10.1. The van der Waals surface area contributed by atoms with Crippen LogP contribution in [0.2, 0.25) is 0 Å². The molecule has 1 unspecified atom stereocenters. The van der Waals surface area contributed by atoms with Crippen molar-refractivity contribution in [3.05, 3.63) is 65.6 Å². The molecule has 4 heterocycles. The van der Waals surface area contributed by atoms with Crippen LogP contribution in [0.5, 0.6) is 6.01 Å². The standard InChI is InChI=1S/C26H31N7O3.C2H6/c1-18-5-4-6-21(13-18)22-14-23(19(2)34)33(30-22)25-15-24(32-8-11-35-12-9-32)28-26(29-25)36-10-7-20-16-27-31(3)17-20;1-2/h4-6,13-17,19,34H,7-12H2,1-3H3;1-2H3. The van der Waals surface area contributed by atoms with Crippen molar-refractivity contribution >= 4 is 5.82 Å². The van der Waals surface area contributed by atoms with Gasteiger partial charge in [0.2, 0.25) is 0 Å². The second-order valence-corrected chi connectivity index (χ2v) is 9.00. The summed E-state index contributed by atoms with van der Waals surface area (Å²) in [6.07, 6.45) is 3.73. The summed E-state index contributed by atoms with van der Waals surface area (Å²) in [7, 11) is 1.89. The van der Waals surface area contributed by atoms with Crippen LogP contribution in [0.15, 0.2) is 48.8 Å². The molecule has 4 aromatic rings. The molecule has 202 valence electrons. The summed E-state index contributed by atoms with van der Waals surface area (Å²) in [6.45, 7) is 10.9. The zero-order chi connectivity index (χ0) is 27.1. The number of aliphatic hydroxyl groups excluding tert-OH is 1. The Kier molecular flexibility index (Phi) is 9.09. The number of nitrogens with zero attached hydrogens (tertiary/aromatic N) is 7. The van der Waals surface area contributed by atoms with Gasteiger partial charge in [0.1, 0.15) is 5.82 Å². The molecule has 1 aliphatic heterocycles. The fourth-order valence-corrected chi connectivity index (χ4v) is 4.21. The van der Waals surface area contributed by atoms with Gasteiger partial charge in [0.05, 0.1) is 43.5 Å². The maximum atomic E-state index is 10.6. The van der Waals surface area contributed by atoms with E-state index in [4.69, 9.17) is 14.6 Å². The molecular weight excluding hydrogens is 482 g/mol. The van der Waals surface area contributed by atoms with Gasteiger partial charge in [-0.15, -0.1) is 0 Å². The Morgan fingerprint density at radius 1 is 1.08 bits per heavy atom. The molecule has 1 atom stereocenters. The Labute approximate surface area is 223 Å². The molecular formula is C28H37N7O3. The number of aromatic nitrogens is 6. The molecule has 1 aliphatic rings. The minimum Gasteiger partial charge on any atom is -0.463 e. The molecule has 1 fully saturated rings. The van der Waals surface area contributed by atoms with Gasteiger partial charge < -0.3 is 19.5 Å². The summed E-state index contributed by atoms with van der Waals surface area (Å²) in [5.74, 6) is 1.28. The predicted molar refractivity (Wildman–Crippen MR) is 147 cm³/mol. The first-order valence-corrected chi connectivity index (χ1v) is 13.1. The van der Waals surface area contributed by atoms with E-state index in [-0.39, 0.29) is 6.01 Å². The third-order valence-corrected chi connectivity index (χ3v) is 6.09. The molecule has 0 radical (unpaired) electrons. The van der Waals surface area contributed by atoms with Crippen LogP contribution in [0.4, 0.5) is 5.82 Å². The van der Waals surface area contributed by atoms with E-state index in [0.717, 1.165) is 41.3 Å². The largest absolute Gasteiger partial charge is 0.463 e. The number of ether oxygens (including phenoxy) is 2. The van der Waals surface area contributed by atoms with Crippen LogP contribution >= 0.6 is 0 Å². The molecule has 1 aromatic carbocycles. The second kappa shape index (κ2) is 12.7. The highest BCUT2D eigenvalue weighted by Gasteiger charge is 2.21. The topological polar surface area (TPSA) is 103 Å². The SMILES string of the molecule is CC.Cc1cccc(-c2cc(C(C)O)n(-c3cc(N4CCOCC4)nc(OCCc4cnn(C)c4)n3)n2)c1. The van der Waals surface area contributed by atoms with Gasteiger partial charge in [0.25, 0.3) is 0 Å². The Morgan fingerprint density at radius 3 is 2.53 bits per heavy atom. The number of aryl methyl sites for hydroxylation is 2. The van der Waals surface area contributed by atoms with Gasteiger partial charge in [-0.2, -0.15) is 20.2 Å². The van der Waals surface area contributed by atoms with Crippen molar-refractivity contribution in [3.63, 3.8) is 0 Å². The third-order valence-electron chi connectivity index (χ3n) is 6.09. The molecule has 0 spiro atoms. The predicted octanol–water partition coefficient (Wildman–Crippen LogP) is 3.91. The highest BCUT2D eigenvalue weighted by atomic mass is 16.5. The summed E-state index contributed by atoms with van der Waals surface area (Å²) >= 11 is 0. The summed E-state index contributed by atoms with van der Waals surface area (Å²) in [5, 5.41) is 19.6. The minimum atomic E-state index is -0.743. The highest BCUT2D eigenvalue weighted by molar-refractivity contribution is 5.61. The number of aliphatic hydroxyl groups is 1. The fourth-order valence-electron chi connectivity index (χ4n) is 4.21. The normalized spacial score (nSPS) is 14.1. The molecule has 5 rings (SSSR count). The fraction of sp³-hybridized carbons (Fsp3) is 0.429. The summed E-state index contributed by atoms with van der Waals surface area (Å²) in [4.78, 5) is 11.5. The van der Waals surface area contributed by atoms with Crippen molar-refractivity contribution in [1.29, 1.82) is 0 Å². The van der Waals surface area contributed by atoms with Gasteiger partial charge in [-0.1, -0.05) is 37.6 Å². The van der Waals surface area contributed by atoms with Gasteiger partial charge in [-0.05, 0) is 31.5 Å². The molecule has 10 heteroatoms. The molecule has 0 amide bonds. The number of morpholine rings is 1. The lowest BCUT2D eigenvalue weighted by Gasteiger charge is -2.28. The van der Waals surface area contributed by atoms with E-state index in [0.29, 0.717) is 37.8 Å². The Morgan fingerprint density at radius 2 is 1.84 bits per heavy atom. The maximum Gasteiger partial charge on any atom is 0.320 e. The Balaban J connectivity index is 0.00000164. The van der Waals surface area contributed by atoms with E-state index < -0.39 is 6.10 Å². The van der Waals surface area contributed by atoms with E-state index in [1.54, 1.807) is 16.3 Å².